The number of nitrogens with one attached hydrogen (secondary N) is 1. The third-order valence-electron chi connectivity index (χ3n) is 2.66. The van der Waals surface area contributed by atoms with E-state index in [2.05, 4.69) is 5.32 Å². The summed E-state index contributed by atoms with van der Waals surface area (Å²) in [5.74, 6) is 0. The number of nitriles is 1. The number of anilines is 2. The molecule has 6 heteroatoms. The highest BCUT2D eigenvalue weighted by atomic mass is 16.5. The van der Waals surface area contributed by atoms with Gasteiger partial charge in [0.25, 0.3) is 0 Å². The Morgan fingerprint density at radius 1 is 1.50 bits per heavy atom. The summed E-state index contributed by atoms with van der Waals surface area (Å²) >= 11 is 0. The fourth-order valence-electron chi connectivity index (χ4n) is 1.68. The van der Waals surface area contributed by atoms with Crippen LogP contribution in [0.15, 0.2) is 24.3 Å². The monoisotopic (exact) mass is 246 g/mol. The highest BCUT2D eigenvalue weighted by molar-refractivity contribution is 5.89. The predicted molar refractivity (Wildman–Crippen MR) is 66.8 cm³/mol. The molecular formula is C12H14N4O2. The van der Waals surface area contributed by atoms with Gasteiger partial charge in [0.2, 0.25) is 0 Å². The van der Waals surface area contributed by atoms with Gasteiger partial charge >= 0.3 is 6.03 Å². The van der Waals surface area contributed by atoms with Gasteiger partial charge in [-0.2, -0.15) is 5.26 Å². The van der Waals surface area contributed by atoms with E-state index < -0.39 is 6.10 Å². The summed E-state index contributed by atoms with van der Waals surface area (Å²) in [4.78, 5) is 13.5. The molecule has 1 unspecified atom stereocenters. The summed E-state index contributed by atoms with van der Waals surface area (Å²) in [7, 11) is 0. The number of morpholine rings is 1. The van der Waals surface area contributed by atoms with Crippen molar-refractivity contribution in [2.45, 2.75) is 6.10 Å². The average Bonchev–Trinajstić information content (AvgIpc) is 2.41. The van der Waals surface area contributed by atoms with E-state index in [9.17, 15) is 4.79 Å². The maximum atomic E-state index is 11.9. The molecule has 0 saturated carbocycles. The molecule has 1 aliphatic heterocycles. The van der Waals surface area contributed by atoms with Crippen LogP contribution in [0.3, 0.4) is 0 Å². The Morgan fingerprint density at radius 2 is 2.22 bits per heavy atom. The number of hydrogen-bond acceptors (Lipinski definition) is 4. The van der Waals surface area contributed by atoms with Gasteiger partial charge in [0, 0.05) is 17.9 Å². The largest absolute Gasteiger partial charge is 0.399 e. The average molecular weight is 246 g/mol. The van der Waals surface area contributed by atoms with E-state index in [0.717, 1.165) is 0 Å². The number of carbonyl (C=O) groups excluding carboxylic acids is 1. The molecule has 2 rings (SSSR count). The van der Waals surface area contributed by atoms with Gasteiger partial charge in [-0.25, -0.2) is 4.79 Å². The number of nitrogens with zero attached hydrogens (tertiary/aromatic N) is 2. The number of hydrogen-bond donors (Lipinski definition) is 2. The van der Waals surface area contributed by atoms with Crippen molar-refractivity contribution < 1.29 is 9.53 Å². The lowest BCUT2D eigenvalue weighted by Crippen LogP contribution is -2.46. The highest BCUT2D eigenvalue weighted by Crippen LogP contribution is 2.12. The van der Waals surface area contributed by atoms with Crippen LogP contribution in [-0.2, 0) is 4.74 Å². The molecule has 6 nitrogen and oxygen atoms in total. The van der Waals surface area contributed by atoms with Crippen LogP contribution in [-0.4, -0.2) is 36.7 Å². The minimum atomic E-state index is -0.545. The highest BCUT2D eigenvalue weighted by Gasteiger charge is 2.23. The Balaban J connectivity index is 1.95. The Labute approximate surface area is 105 Å². The molecule has 1 saturated heterocycles. The SMILES string of the molecule is N#CC1CN(C(=O)Nc2ccc(N)cc2)CCO1. The number of carbonyl (C=O) groups is 1. The molecule has 1 atom stereocenters. The second kappa shape index (κ2) is 5.38. The summed E-state index contributed by atoms with van der Waals surface area (Å²) in [6, 6.07) is 8.66. The van der Waals surface area contributed by atoms with Crippen LogP contribution in [0.25, 0.3) is 0 Å². The lowest BCUT2D eigenvalue weighted by molar-refractivity contribution is 0.0181. The van der Waals surface area contributed by atoms with Crippen LogP contribution in [0.4, 0.5) is 16.2 Å². The summed E-state index contributed by atoms with van der Waals surface area (Å²) in [6.07, 6.45) is -0.545. The molecule has 0 aromatic heterocycles. The van der Waals surface area contributed by atoms with Gasteiger partial charge in [-0.05, 0) is 24.3 Å². The molecule has 94 valence electrons. The van der Waals surface area contributed by atoms with Crippen molar-refractivity contribution >= 4 is 17.4 Å². The van der Waals surface area contributed by atoms with E-state index >= 15 is 0 Å². The van der Waals surface area contributed by atoms with Crippen LogP contribution in [0, 0.1) is 11.3 Å². The second-order valence-electron chi connectivity index (χ2n) is 3.99. The fraction of sp³-hybridized carbons (Fsp3) is 0.333. The zero-order chi connectivity index (χ0) is 13.0. The summed E-state index contributed by atoms with van der Waals surface area (Å²) in [6.45, 7) is 1.16. The van der Waals surface area contributed by atoms with E-state index in [4.69, 9.17) is 15.7 Å². The fourth-order valence-corrected chi connectivity index (χ4v) is 1.68. The Hall–Kier alpha value is -2.26. The van der Waals surface area contributed by atoms with Crippen molar-refractivity contribution in [3.05, 3.63) is 24.3 Å². The van der Waals surface area contributed by atoms with Crippen molar-refractivity contribution in [3.63, 3.8) is 0 Å². The van der Waals surface area contributed by atoms with E-state index in [-0.39, 0.29) is 12.6 Å². The van der Waals surface area contributed by atoms with Crippen molar-refractivity contribution in [2.75, 3.05) is 30.7 Å². The smallest absolute Gasteiger partial charge is 0.322 e. The first-order chi connectivity index (χ1) is 8.69. The topological polar surface area (TPSA) is 91.4 Å². The molecule has 3 N–H and O–H groups in total. The van der Waals surface area contributed by atoms with Gasteiger partial charge < -0.3 is 20.7 Å². The summed E-state index contributed by atoms with van der Waals surface area (Å²) in [5, 5.41) is 11.5. The standard InChI is InChI=1S/C12H14N4O2/c13-7-11-8-16(5-6-18-11)12(17)15-10-3-1-9(14)2-4-10/h1-4,11H,5-6,8,14H2,(H,15,17). The zero-order valence-corrected chi connectivity index (χ0v) is 9.80. The number of benzene rings is 1. The minimum absolute atomic E-state index is 0.233. The van der Waals surface area contributed by atoms with Gasteiger partial charge in [0.15, 0.2) is 6.10 Å². The number of nitrogens with two attached hydrogens (primary N) is 1. The van der Waals surface area contributed by atoms with Crippen molar-refractivity contribution in [1.29, 1.82) is 5.26 Å². The third kappa shape index (κ3) is 2.90. The number of rotatable bonds is 1. The molecular weight excluding hydrogens is 232 g/mol. The van der Waals surface area contributed by atoms with Crippen LogP contribution in [0.1, 0.15) is 0 Å². The van der Waals surface area contributed by atoms with Crippen LogP contribution in [0.5, 0.6) is 0 Å². The molecule has 0 spiro atoms. The molecule has 0 bridgehead atoms. The maximum Gasteiger partial charge on any atom is 0.322 e. The number of nitrogen functional groups attached to an aromatic ring is 1. The van der Waals surface area contributed by atoms with Crippen molar-refractivity contribution in [1.82, 2.24) is 4.90 Å². The lowest BCUT2D eigenvalue weighted by atomic mass is 10.3. The van der Waals surface area contributed by atoms with Gasteiger partial charge in [0.1, 0.15) is 0 Å². The first-order valence-corrected chi connectivity index (χ1v) is 5.62. The maximum absolute atomic E-state index is 11.9. The third-order valence-corrected chi connectivity index (χ3v) is 2.66. The quantitative estimate of drug-likeness (QED) is 0.724. The normalized spacial score (nSPS) is 19.1. The molecule has 1 aliphatic rings. The van der Waals surface area contributed by atoms with Gasteiger partial charge in [-0.3, -0.25) is 0 Å². The first kappa shape index (κ1) is 12.2. The Kier molecular flexibility index (Phi) is 3.65. The number of amides is 2. The number of ether oxygens (including phenoxy) is 1. The van der Waals surface area contributed by atoms with Crippen LogP contribution < -0.4 is 11.1 Å². The molecule has 0 radical (unpaired) electrons. The van der Waals surface area contributed by atoms with E-state index in [1.54, 1.807) is 29.2 Å². The van der Waals surface area contributed by atoms with Gasteiger partial charge in [-0.1, -0.05) is 0 Å². The lowest BCUT2D eigenvalue weighted by Gasteiger charge is -2.29. The van der Waals surface area contributed by atoms with Crippen LogP contribution in [0.2, 0.25) is 0 Å². The Morgan fingerprint density at radius 3 is 2.89 bits per heavy atom. The second-order valence-corrected chi connectivity index (χ2v) is 3.99. The zero-order valence-electron chi connectivity index (χ0n) is 9.80. The minimum Gasteiger partial charge on any atom is -0.399 e. The molecule has 1 aromatic rings. The molecule has 1 aromatic carbocycles. The predicted octanol–water partition coefficient (Wildman–Crippen LogP) is 1.03. The van der Waals surface area contributed by atoms with Crippen molar-refractivity contribution in [3.8, 4) is 6.07 Å². The summed E-state index contributed by atoms with van der Waals surface area (Å²) in [5.41, 5.74) is 6.88. The molecule has 0 aliphatic carbocycles. The van der Waals surface area contributed by atoms with E-state index in [0.29, 0.717) is 24.5 Å². The molecule has 18 heavy (non-hydrogen) atoms. The van der Waals surface area contributed by atoms with Crippen molar-refractivity contribution in [2.24, 2.45) is 0 Å². The van der Waals surface area contributed by atoms with Gasteiger partial charge in [-0.15, -0.1) is 0 Å². The van der Waals surface area contributed by atoms with Crippen LogP contribution >= 0.6 is 0 Å². The Bertz CT molecular complexity index is 466. The first-order valence-electron chi connectivity index (χ1n) is 5.62. The molecule has 1 fully saturated rings. The molecule has 2 amide bonds. The summed E-state index contributed by atoms with van der Waals surface area (Å²) < 4.78 is 5.17. The number of urea groups is 1. The van der Waals surface area contributed by atoms with E-state index in [1.807, 2.05) is 6.07 Å². The van der Waals surface area contributed by atoms with Gasteiger partial charge in [0.05, 0.1) is 19.2 Å². The molecule has 1 heterocycles. The van der Waals surface area contributed by atoms with E-state index in [1.165, 1.54) is 0 Å².